The van der Waals surface area contributed by atoms with Gasteiger partial charge in [-0.05, 0) is 36.2 Å². The third-order valence-corrected chi connectivity index (χ3v) is 3.55. The van der Waals surface area contributed by atoms with E-state index in [1.807, 2.05) is 24.3 Å². The predicted octanol–water partition coefficient (Wildman–Crippen LogP) is 2.31. The van der Waals surface area contributed by atoms with E-state index in [0.29, 0.717) is 35.8 Å². The molecule has 0 fully saturated rings. The lowest BCUT2D eigenvalue weighted by molar-refractivity contribution is -0.123. The SMILES string of the molecule is COc1ccc(CCNC(=O)COc2ccccc2C#N)cc1OC. The summed E-state index contributed by atoms with van der Waals surface area (Å²) in [6.07, 6.45) is 0.654. The lowest BCUT2D eigenvalue weighted by Crippen LogP contribution is -2.30. The monoisotopic (exact) mass is 340 g/mol. The second-order valence-corrected chi connectivity index (χ2v) is 5.19. The van der Waals surface area contributed by atoms with Crippen LogP contribution in [-0.4, -0.2) is 33.3 Å². The first-order chi connectivity index (χ1) is 12.2. The Labute approximate surface area is 146 Å². The average Bonchev–Trinajstić information content (AvgIpc) is 2.66. The Balaban J connectivity index is 1.80. The van der Waals surface area contributed by atoms with E-state index in [9.17, 15) is 4.79 Å². The van der Waals surface area contributed by atoms with Crippen LogP contribution in [0.2, 0.25) is 0 Å². The maximum Gasteiger partial charge on any atom is 0.257 e. The fraction of sp³-hybridized carbons (Fsp3) is 0.263. The van der Waals surface area contributed by atoms with Crippen LogP contribution in [-0.2, 0) is 11.2 Å². The molecule has 1 amide bonds. The summed E-state index contributed by atoms with van der Waals surface area (Å²) in [4.78, 5) is 11.9. The summed E-state index contributed by atoms with van der Waals surface area (Å²) in [5.41, 5.74) is 1.43. The zero-order valence-electron chi connectivity index (χ0n) is 14.2. The van der Waals surface area contributed by atoms with Gasteiger partial charge in [0, 0.05) is 6.54 Å². The van der Waals surface area contributed by atoms with E-state index in [-0.39, 0.29) is 12.5 Å². The van der Waals surface area contributed by atoms with Crippen molar-refractivity contribution in [1.29, 1.82) is 5.26 Å². The van der Waals surface area contributed by atoms with Gasteiger partial charge in [-0.2, -0.15) is 5.26 Å². The maximum atomic E-state index is 11.9. The van der Waals surface area contributed by atoms with Gasteiger partial charge in [-0.15, -0.1) is 0 Å². The molecule has 1 N–H and O–H groups in total. The number of para-hydroxylation sites is 1. The Hall–Kier alpha value is -3.20. The number of rotatable bonds is 8. The highest BCUT2D eigenvalue weighted by Gasteiger charge is 2.07. The molecule has 0 aromatic heterocycles. The summed E-state index contributed by atoms with van der Waals surface area (Å²) < 4.78 is 15.8. The van der Waals surface area contributed by atoms with E-state index < -0.39 is 0 Å². The number of methoxy groups -OCH3 is 2. The number of nitrogens with zero attached hydrogens (tertiary/aromatic N) is 1. The molecule has 25 heavy (non-hydrogen) atoms. The highest BCUT2D eigenvalue weighted by atomic mass is 16.5. The second-order valence-electron chi connectivity index (χ2n) is 5.19. The number of carbonyl (C=O) groups excluding carboxylic acids is 1. The maximum absolute atomic E-state index is 11.9. The Bertz CT molecular complexity index is 768. The van der Waals surface area contributed by atoms with Gasteiger partial charge in [0.15, 0.2) is 18.1 Å². The molecule has 2 rings (SSSR count). The molecule has 0 aliphatic rings. The zero-order valence-corrected chi connectivity index (χ0v) is 14.2. The Morgan fingerprint density at radius 2 is 1.84 bits per heavy atom. The van der Waals surface area contributed by atoms with Crippen molar-refractivity contribution in [3.8, 4) is 23.3 Å². The van der Waals surface area contributed by atoms with Crippen LogP contribution >= 0.6 is 0 Å². The number of nitrogens with one attached hydrogen (secondary N) is 1. The molecule has 0 bridgehead atoms. The van der Waals surface area contributed by atoms with Crippen molar-refractivity contribution in [1.82, 2.24) is 5.32 Å². The highest BCUT2D eigenvalue weighted by Crippen LogP contribution is 2.27. The number of nitriles is 1. The van der Waals surface area contributed by atoms with Crippen molar-refractivity contribution in [2.75, 3.05) is 27.4 Å². The van der Waals surface area contributed by atoms with Gasteiger partial charge in [0.1, 0.15) is 11.8 Å². The van der Waals surface area contributed by atoms with Gasteiger partial charge in [-0.3, -0.25) is 4.79 Å². The number of ether oxygens (including phenoxy) is 3. The molecule has 0 aliphatic carbocycles. The number of hydrogen-bond acceptors (Lipinski definition) is 5. The molecule has 2 aromatic rings. The van der Waals surface area contributed by atoms with Gasteiger partial charge in [0.05, 0.1) is 19.8 Å². The number of amides is 1. The van der Waals surface area contributed by atoms with Crippen LogP contribution in [0.5, 0.6) is 17.2 Å². The van der Waals surface area contributed by atoms with Crippen LogP contribution < -0.4 is 19.5 Å². The van der Waals surface area contributed by atoms with Gasteiger partial charge in [0.2, 0.25) is 0 Å². The minimum atomic E-state index is -0.242. The minimum Gasteiger partial charge on any atom is -0.493 e. The predicted molar refractivity (Wildman–Crippen MR) is 92.9 cm³/mol. The largest absolute Gasteiger partial charge is 0.493 e. The normalized spacial score (nSPS) is 9.80. The van der Waals surface area contributed by atoms with E-state index in [4.69, 9.17) is 19.5 Å². The standard InChI is InChI=1S/C19H20N2O4/c1-23-17-8-7-14(11-18(17)24-2)9-10-21-19(22)13-25-16-6-4-3-5-15(16)12-20/h3-8,11H,9-10,13H2,1-2H3,(H,21,22). The summed E-state index contributed by atoms with van der Waals surface area (Å²) in [6, 6.07) is 14.5. The van der Waals surface area contributed by atoms with Crippen molar-refractivity contribution in [2.24, 2.45) is 0 Å². The van der Waals surface area contributed by atoms with Crippen LogP contribution in [0, 0.1) is 11.3 Å². The Kier molecular flexibility index (Phi) is 6.66. The third-order valence-electron chi connectivity index (χ3n) is 3.55. The molecule has 0 atom stereocenters. The van der Waals surface area contributed by atoms with Crippen LogP contribution in [0.15, 0.2) is 42.5 Å². The second kappa shape index (κ2) is 9.18. The first kappa shape index (κ1) is 18.1. The molecule has 0 unspecified atom stereocenters. The Morgan fingerprint density at radius 3 is 2.56 bits per heavy atom. The van der Waals surface area contributed by atoms with Crippen LogP contribution in [0.4, 0.5) is 0 Å². The number of hydrogen-bond donors (Lipinski definition) is 1. The van der Waals surface area contributed by atoms with Crippen molar-refractivity contribution in [3.63, 3.8) is 0 Å². The topological polar surface area (TPSA) is 80.6 Å². The van der Waals surface area contributed by atoms with Crippen LogP contribution in [0.3, 0.4) is 0 Å². The molecule has 0 saturated heterocycles. The van der Waals surface area contributed by atoms with Crippen molar-refractivity contribution >= 4 is 5.91 Å². The van der Waals surface area contributed by atoms with Crippen LogP contribution in [0.25, 0.3) is 0 Å². The van der Waals surface area contributed by atoms with Gasteiger partial charge in [-0.1, -0.05) is 18.2 Å². The minimum absolute atomic E-state index is 0.134. The van der Waals surface area contributed by atoms with E-state index in [0.717, 1.165) is 5.56 Å². The van der Waals surface area contributed by atoms with Gasteiger partial charge in [-0.25, -0.2) is 0 Å². The quantitative estimate of drug-likeness (QED) is 0.797. The van der Waals surface area contributed by atoms with E-state index in [2.05, 4.69) is 5.32 Å². The molecule has 0 heterocycles. The molecule has 0 saturated carbocycles. The molecule has 6 heteroatoms. The first-order valence-electron chi connectivity index (χ1n) is 7.77. The van der Waals surface area contributed by atoms with E-state index >= 15 is 0 Å². The fourth-order valence-corrected chi connectivity index (χ4v) is 2.26. The van der Waals surface area contributed by atoms with Crippen LogP contribution in [0.1, 0.15) is 11.1 Å². The number of benzene rings is 2. The van der Waals surface area contributed by atoms with Gasteiger partial charge < -0.3 is 19.5 Å². The number of carbonyl (C=O) groups is 1. The summed E-state index contributed by atoms with van der Waals surface area (Å²) >= 11 is 0. The molecule has 0 aliphatic heterocycles. The molecule has 2 aromatic carbocycles. The lowest BCUT2D eigenvalue weighted by atomic mass is 10.1. The molecule has 0 spiro atoms. The summed E-state index contributed by atoms with van der Waals surface area (Å²) in [6.45, 7) is 0.336. The first-order valence-corrected chi connectivity index (χ1v) is 7.77. The highest BCUT2D eigenvalue weighted by molar-refractivity contribution is 5.77. The van der Waals surface area contributed by atoms with Gasteiger partial charge in [0.25, 0.3) is 5.91 Å². The summed E-state index contributed by atoms with van der Waals surface area (Å²) in [5, 5.41) is 11.8. The smallest absolute Gasteiger partial charge is 0.257 e. The molecular formula is C19H20N2O4. The summed E-state index contributed by atoms with van der Waals surface area (Å²) in [5.74, 6) is 1.48. The van der Waals surface area contributed by atoms with Crippen molar-refractivity contribution in [2.45, 2.75) is 6.42 Å². The zero-order chi connectivity index (χ0) is 18.1. The summed E-state index contributed by atoms with van der Waals surface area (Å²) in [7, 11) is 3.17. The van der Waals surface area contributed by atoms with E-state index in [1.54, 1.807) is 38.5 Å². The molecular weight excluding hydrogens is 320 g/mol. The molecule has 0 radical (unpaired) electrons. The van der Waals surface area contributed by atoms with E-state index in [1.165, 1.54) is 0 Å². The van der Waals surface area contributed by atoms with Crippen molar-refractivity contribution < 1.29 is 19.0 Å². The molecule has 130 valence electrons. The molecule has 6 nitrogen and oxygen atoms in total. The third kappa shape index (κ3) is 5.15. The lowest BCUT2D eigenvalue weighted by Gasteiger charge is -2.11. The fourth-order valence-electron chi connectivity index (χ4n) is 2.26. The van der Waals surface area contributed by atoms with Crippen molar-refractivity contribution in [3.05, 3.63) is 53.6 Å². The Morgan fingerprint density at radius 1 is 1.08 bits per heavy atom. The van der Waals surface area contributed by atoms with Gasteiger partial charge >= 0.3 is 0 Å². The average molecular weight is 340 g/mol.